The van der Waals surface area contributed by atoms with Crippen LogP contribution in [0.5, 0.6) is 5.75 Å². The summed E-state index contributed by atoms with van der Waals surface area (Å²) in [6, 6.07) is 6.07. The molecule has 0 spiro atoms. The molecule has 0 radical (unpaired) electrons. The molecule has 0 aromatic heterocycles. The van der Waals surface area contributed by atoms with Crippen LogP contribution < -0.4 is 15.2 Å². The van der Waals surface area contributed by atoms with E-state index in [1.54, 1.807) is 14.2 Å². The van der Waals surface area contributed by atoms with Crippen LogP contribution in [-0.2, 0) is 4.74 Å². The molecule has 1 aliphatic rings. The highest BCUT2D eigenvalue weighted by Gasteiger charge is 2.09. The lowest BCUT2D eigenvalue weighted by molar-refractivity contribution is 0.282. The Bertz CT molecular complexity index is 621. The van der Waals surface area contributed by atoms with E-state index in [4.69, 9.17) is 9.47 Å². The van der Waals surface area contributed by atoms with Crippen molar-refractivity contribution in [2.24, 2.45) is 0 Å². The molecule has 0 N–H and O–H groups in total. The zero-order valence-electron chi connectivity index (χ0n) is 11.1. The standard InChI is InChI=1S/C16H18O2/c1-11-5-7-13(9-15(11)17-3)14-8-6-12(2)16(10-14)18-4/h5-9H,1,10H2,2-4H3/b14-13-. The summed E-state index contributed by atoms with van der Waals surface area (Å²) in [5.41, 5.74) is 2.41. The van der Waals surface area contributed by atoms with Gasteiger partial charge < -0.3 is 9.47 Å². The maximum Gasteiger partial charge on any atom is 0.126 e. The molecule has 94 valence electrons. The van der Waals surface area contributed by atoms with Crippen LogP contribution >= 0.6 is 0 Å². The summed E-state index contributed by atoms with van der Waals surface area (Å²) in [4.78, 5) is 0. The third-order valence-corrected chi connectivity index (χ3v) is 3.23. The third-order valence-electron chi connectivity index (χ3n) is 3.23. The number of hydrogen-bond acceptors (Lipinski definition) is 2. The number of rotatable bonds is 2. The second kappa shape index (κ2) is 5.13. The van der Waals surface area contributed by atoms with E-state index in [0.717, 1.165) is 28.4 Å². The van der Waals surface area contributed by atoms with E-state index >= 15 is 0 Å². The van der Waals surface area contributed by atoms with Gasteiger partial charge in [-0.1, -0.05) is 30.9 Å². The monoisotopic (exact) mass is 242 g/mol. The van der Waals surface area contributed by atoms with Crippen molar-refractivity contribution in [2.45, 2.75) is 13.3 Å². The molecule has 1 aromatic carbocycles. The van der Waals surface area contributed by atoms with E-state index in [0.29, 0.717) is 0 Å². The van der Waals surface area contributed by atoms with Gasteiger partial charge in [0, 0.05) is 11.6 Å². The van der Waals surface area contributed by atoms with Crippen LogP contribution in [0.15, 0.2) is 41.7 Å². The first kappa shape index (κ1) is 12.5. The summed E-state index contributed by atoms with van der Waals surface area (Å²) >= 11 is 0. The van der Waals surface area contributed by atoms with Gasteiger partial charge in [0.05, 0.1) is 14.2 Å². The van der Waals surface area contributed by atoms with Gasteiger partial charge in [0.25, 0.3) is 0 Å². The second-order valence-corrected chi connectivity index (χ2v) is 4.37. The zero-order valence-corrected chi connectivity index (χ0v) is 11.1. The summed E-state index contributed by atoms with van der Waals surface area (Å²) in [7, 11) is 3.38. The molecule has 0 unspecified atom stereocenters. The quantitative estimate of drug-likeness (QED) is 0.791. The van der Waals surface area contributed by atoms with E-state index in [1.807, 2.05) is 12.1 Å². The Morgan fingerprint density at radius 1 is 1.11 bits per heavy atom. The highest BCUT2D eigenvalue weighted by atomic mass is 16.5. The third kappa shape index (κ3) is 2.33. The van der Waals surface area contributed by atoms with Crippen LogP contribution in [0.2, 0.25) is 0 Å². The number of methoxy groups -OCH3 is 2. The van der Waals surface area contributed by atoms with Crippen LogP contribution in [0.4, 0.5) is 0 Å². The Labute approximate surface area is 108 Å². The van der Waals surface area contributed by atoms with E-state index in [9.17, 15) is 0 Å². The fraction of sp³-hybridized carbons (Fsp3) is 0.250. The molecule has 2 heteroatoms. The van der Waals surface area contributed by atoms with Crippen LogP contribution in [0.25, 0.3) is 12.2 Å². The summed E-state index contributed by atoms with van der Waals surface area (Å²) in [6.45, 7) is 6.00. The Hall–Kier alpha value is -1.96. The molecule has 0 heterocycles. The Morgan fingerprint density at radius 2 is 1.89 bits per heavy atom. The molecule has 18 heavy (non-hydrogen) atoms. The Kier molecular flexibility index (Phi) is 3.56. The Morgan fingerprint density at radius 3 is 2.56 bits per heavy atom. The largest absolute Gasteiger partial charge is 0.500 e. The van der Waals surface area contributed by atoms with Crippen molar-refractivity contribution in [3.05, 3.63) is 52.1 Å². The fourth-order valence-corrected chi connectivity index (χ4v) is 2.07. The van der Waals surface area contributed by atoms with Gasteiger partial charge in [-0.05, 0) is 29.4 Å². The van der Waals surface area contributed by atoms with Crippen LogP contribution in [0, 0.1) is 0 Å². The van der Waals surface area contributed by atoms with Crippen molar-refractivity contribution >= 4 is 12.2 Å². The van der Waals surface area contributed by atoms with Crippen molar-refractivity contribution < 1.29 is 9.47 Å². The van der Waals surface area contributed by atoms with Crippen molar-refractivity contribution in [3.63, 3.8) is 0 Å². The van der Waals surface area contributed by atoms with Crippen LogP contribution in [0.3, 0.4) is 0 Å². The van der Waals surface area contributed by atoms with Gasteiger partial charge in [0.1, 0.15) is 11.5 Å². The topological polar surface area (TPSA) is 18.5 Å². The first-order valence-corrected chi connectivity index (χ1v) is 5.93. The molecule has 0 amide bonds. The number of ether oxygens (including phenoxy) is 2. The lowest BCUT2D eigenvalue weighted by Crippen LogP contribution is -2.14. The highest BCUT2D eigenvalue weighted by molar-refractivity contribution is 5.63. The minimum Gasteiger partial charge on any atom is -0.500 e. The summed E-state index contributed by atoms with van der Waals surface area (Å²) < 4.78 is 10.7. The molecule has 0 bridgehead atoms. The summed E-state index contributed by atoms with van der Waals surface area (Å²) in [6.07, 6.45) is 5.04. The number of allylic oxidation sites excluding steroid dienone is 4. The molecule has 1 aromatic rings. The van der Waals surface area contributed by atoms with E-state index in [2.05, 4.69) is 31.7 Å². The lowest BCUT2D eigenvalue weighted by Gasteiger charge is -2.14. The molecule has 2 nitrogen and oxygen atoms in total. The Balaban J connectivity index is 2.52. The molecule has 1 aliphatic carbocycles. The second-order valence-electron chi connectivity index (χ2n) is 4.37. The van der Waals surface area contributed by atoms with Gasteiger partial charge in [-0.15, -0.1) is 0 Å². The maximum atomic E-state index is 5.40. The van der Waals surface area contributed by atoms with Crippen LogP contribution in [-0.4, -0.2) is 14.2 Å². The highest BCUT2D eigenvalue weighted by Crippen LogP contribution is 2.23. The normalized spacial score (nSPS) is 17.9. The van der Waals surface area contributed by atoms with E-state index < -0.39 is 0 Å². The first-order valence-electron chi connectivity index (χ1n) is 5.93. The van der Waals surface area contributed by atoms with Crippen molar-refractivity contribution in [1.82, 2.24) is 0 Å². The van der Waals surface area contributed by atoms with Gasteiger partial charge in [-0.2, -0.15) is 0 Å². The predicted molar refractivity (Wildman–Crippen MR) is 74.6 cm³/mol. The lowest BCUT2D eigenvalue weighted by atomic mass is 9.99. The summed E-state index contributed by atoms with van der Waals surface area (Å²) in [5.74, 6) is 1.84. The average molecular weight is 242 g/mol. The van der Waals surface area contributed by atoms with Gasteiger partial charge in [-0.25, -0.2) is 0 Å². The molecule has 0 atom stereocenters. The van der Waals surface area contributed by atoms with Gasteiger partial charge in [0.2, 0.25) is 0 Å². The van der Waals surface area contributed by atoms with E-state index in [1.165, 1.54) is 11.1 Å². The van der Waals surface area contributed by atoms with Crippen molar-refractivity contribution in [1.29, 1.82) is 0 Å². The summed E-state index contributed by atoms with van der Waals surface area (Å²) in [5, 5.41) is 2.05. The van der Waals surface area contributed by atoms with Gasteiger partial charge in [-0.3, -0.25) is 0 Å². The number of benzene rings is 1. The predicted octanol–water partition coefficient (Wildman–Crippen LogP) is 2.14. The SMILES string of the molecule is C=c1cc/c(=C2\C=CC(C)=C(OC)C2)cc1OC. The maximum absolute atomic E-state index is 5.40. The average Bonchev–Trinajstić information content (AvgIpc) is 2.40. The molecule has 0 saturated heterocycles. The molecule has 0 aliphatic heterocycles. The molecular weight excluding hydrogens is 224 g/mol. The molecular formula is C16H18O2. The first-order chi connectivity index (χ1) is 8.65. The minimum atomic E-state index is 0.818. The van der Waals surface area contributed by atoms with E-state index in [-0.39, 0.29) is 0 Å². The van der Waals surface area contributed by atoms with Crippen molar-refractivity contribution in [2.75, 3.05) is 14.2 Å². The molecule has 0 saturated carbocycles. The smallest absolute Gasteiger partial charge is 0.126 e. The number of hydrogen-bond donors (Lipinski definition) is 0. The molecule has 2 rings (SSSR count). The van der Waals surface area contributed by atoms with Gasteiger partial charge >= 0.3 is 0 Å². The molecule has 0 fully saturated rings. The fourth-order valence-electron chi connectivity index (χ4n) is 2.07. The minimum absolute atomic E-state index is 0.818. The van der Waals surface area contributed by atoms with Crippen molar-refractivity contribution in [3.8, 4) is 5.75 Å². The van der Waals surface area contributed by atoms with Crippen LogP contribution in [0.1, 0.15) is 13.3 Å². The van der Waals surface area contributed by atoms with Gasteiger partial charge in [0.15, 0.2) is 0 Å². The zero-order chi connectivity index (χ0) is 13.1.